The van der Waals surface area contributed by atoms with E-state index in [4.69, 9.17) is 4.74 Å². The highest BCUT2D eigenvalue weighted by Gasteiger charge is 2.42. The fraction of sp³-hybridized carbons (Fsp3) is 0.714. The van der Waals surface area contributed by atoms with Crippen molar-refractivity contribution >= 4 is 0 Å². The molecule has 1 heterocycles. The summed E-state index contributed by atoms with van der Waals surface area (Å²) >= 11 is 0. The van der Waals surface area contributed by atoms with Crippen LogP contribution in [0, 0.1) is 23.7 Å². The molecule has 0 aromatic carbocycles. The Balaban J connectivity index is 2.29. The molecular formula is C14H22O. The predicted molar refractivity (Wildman–Crippen MR) is 63.6 cm³/mol. The zero-order valence-corrected chi connectivity index (χ0v) is 10.2. The lowest BCUT2D eigenvalue weighted by Gasteiger charge is -2.46. The predicted octanol–water partition coefficient (Wildman–Crippen LogP) is 3.43. The molecule has 1 saturated heterocycles. The number of allylic oxidation sites excluding steroid dienone is 2. The van der Waals surface area contributed by atoms with E-state index < -0.39 is 0 Å². The molecule has 2 aliphatic rings. The minimum absolute atomic E-state index is 0.310. The Morgan fingerprint density at radius 3 is 2.80 bits per heavy atom. The maximum atomic E-state index is 5.97. The molecule has 1 heteroatoms. The summed E-state index contributed by atoms with van der Waals surface area (Å²) in [6.07, 6.45) is 7.09. The van der Waals surface area contributed by atoms with E-state index in [-0.39, 0.29) is 0 Å². The minimum Gasteiger partial charge on any atom is -0.373 e. The van der Waals surface area contributed by atoms with E-state index in [1.165, 1.54) is 5.57 Å². The molecule has 1 aliphatic carbocycles. The second-order valence-electron chi connectivity index (χ2n) is 5.14. The van der Waals surface area contributed by atoms with Crippen LogP contribution in [0.15, 0.2) is 23.8 Å². The third kappa shape index (κ3) is 1.78. The second-order valence-corrected chi connectivity index (χ2v) is 5.14. The summed E-state index contributed by atoms with van der Waals surface area (Å²) in [5.41, 5.74) is 1.52. The SMILES string of the molecule is C/C=C/[C@@H]1OC[C@@H]2[C@@H](C)[C@H]1C(C)=C[C@H]2C. The van der Waals surface area contributed by atoms with Crippen molar-refractivity contribution in [2.75, 3.05) is 6.61 Å². The first-order chi connectivity index (χ1) is 7.15. The third-order valence-corrected chi connectivity index (χ3v) is 4.19. The normalized spacial score (nSPS) is 45.6. The topological polar surface area (TPSA) is 9.23 Å². The van der Waals surface area contributed by atoms with Crippen molar-refractivity contribution < 1.29 is 4.74 Å². The van der Waals surface area contributed by atoms with Gasteiger partial charge in [0.15, 0.2) is 0 Å². The van der Waals surface area contributed by atoms with Crippen LogP contribution in [0.2, 0.25) is 0 Å². The zero-order valence-electron chi connectivity index (χ0n) is 10.2. The van der Waals surface area contributed by atoms with Crippen molar-refractivity contribution in [3.63, 3.8) is 0 Å². The smallest absolute Gasteiger partial charge is 0.0823 e. The Morgan fingerprint density at radius 2 is 2.13 bits per heavy atom. The second kappa shape index (κ2) is 4.13. The zero-order chi connectivity index (χ0) is 11.0. The fourth-order valence-electron chi connectivity index (χ4n) is 3.36. The highest BCUT2D eigenvalue weighted by Crippen LogP contribution is 2.44. The highest BCUT2D eigenvalue weighted by atomic mass is 16.5. The van der Waals surface area contributed by atoms with Crippen LogP contribution in [0.4, 0.5) is 0 Å². The molecule has 1 fully saturated rings. The van der Waals surface area contributed by atoms with Gasteiger partial charge in [0.1, 0.15) is 0 Å². The molecule has 2 bridgehead atoms. The molecule has 1 aliphatic heterocycles. The number of fused-ring (bicyclic) bond motifs is 2. The summed E-state index contributed by atoms with van der Waals surface area (Å²) in [6.45, 7) is 9.98. The summed E-state index contributed by atoms with van der Waals surface area (Å²) in [4.78, 5) is 0. The third-order valence-electron chi connectivity index (χ3n) is 4.19. The Bertz CT molecular complexity index is 290. The number of ether oxygens (including phenoxy) is 1. The summed E-state index contributed by atoms with van der Waals surface area (Å²) in [5, 5.41) is 0. The van der Waals surface area contributed by atoms with Crippen molar-refractivity contribution in [2.45, 2.75) is 33.8 Å². The van der Waals surface area contributed by atoms with E-state index in [1.807, 2.05) is 0 Å². The van der Waals surface area contributed by atoms with Gasteiger partial charge >= 0.3 is 0 Å². The molecule has 2 rings (SSSR count). The van der Waals surface area contributed by atoms with Crippen LogP contribution in [0.1, 0.15) is 27.7 Å². The van der Waals surface area contributed by atoms with E-state index in [0.29, 0.717) is 17.9 Å². The first-order valence-corrected chi connectivity index (χ1v) is 6.08. The van der Waals surface area contributed by atoms with Crippen LogP contribution >= 0.6 is 0 Å². The van der Waals surface area contributed by atoms with Crippen molar-refractivity contribution in [1.82, 2.24) is 0 Å². The van der Waals surface area contributed by atoms with E-state index in [2.05, 4.69) is 45.9 Å². The van der Waals surface area contributed by atoms with E-state index in [9.17, 15) is 0 Å². The summed E-state index contributed by atoms with van der Waals surface area (Å²) < 4.78 is 5.97. The van der Waals surface area contributed by atoms with E-state index in [0.717, 1.165) is 18.4 Å². The maximum absolute atomic E-state index is 5.97. The van der Waals surface area contributed by atoms with Crippen LogP contribution in [-0.4, -0.2) is 12.7 Å². The minimum atomic E-state index is 0.310. The van der Waals surface area contributed by atoms with Crippen LogP contribution in [0.25, 0.3) is 0 Å². The Labute approximate surface area is 93.2 Å². The first-order valence-electron chi connectivity index (χ1n) is 6.08. The van der Waals surface area contributed by atoms with Gasteiger partial charge in [-0.15, -0.1) is 0 Å². The number of rotatable bonds is 1. The quantitative estimate of drug-likeness (QED) is 0.597. The van der Waals surface area contributed by atoms with Gasteiger partial charge in [0.2, 0.25) is 0 Å². The Hall–Kier alpha value is -0.560. The molecule has 0 spiro atoms. The van der Waals surface area contributed by atoms with E-state index in [1.54, 1.807) is 0 Å². The average molecular weight is 206 g/mol. The van der Waals surface area contributed by atoms with Gasteiger partial charge in [0.25, 0.3) is 0 Å². The van der Waals surface area contributed by atoms with Crippen LogP contribution in [0.5, 0.6) is 0 Å². The molecule has 0 unspecified atom stereocenters. The molecule has 0 aromatic rings. The molecular weight excluding hydrogens is 184 g/mol. The fourth-order valence-corrected chi connectivity index (χ4v) is 3.36. The molecule has 1 nitrogen and oxygen atoms in total. The van der Waals surface area contributed by atoms with Crippen molar-refractivity contribution in [3.8, 4) is 0 Å². The largest absolute Gasteiger partial charge is 0.373 e. The van der Waals surface area contributed by atoms with Gasteiger partial charge in [-0.1, -0.05) is 37.6 Å². The van der Waals surface area contributed by atoms with Gasteiger partial charge in [-0.3, -0.25) is 0 Å². The van der Waals surface area contributed by atoms with Gasteiger partial charge in [0.05, 0.1) is 12.7 Å². The van der Waals surface area contributed by atoms with Gasteiger partial charge < -0.3 is 4.74 Å². The molecule has 15 heavy (non-hydrogen) atoms. The summed E-state index contributed by atoms with van der Waals surface area (Å²) in [7, 11) is 0. The highest BCUT2D eigenvalue weighted by molar-refractivity contribution is 5.19. The molecule has 0 N–H and O–H groups in total. The number of hydrogen-bond donors (Lipinski definition) is 0. The Morgan fingerprint density at radius 1 is 1.40 bits per heavy atom. The summed E-state index contributed by atoms with van der Waals surface area (Å²) in [5.74, 6) is 2.78. The van der Waals surface area contributed by atoms with E-state index >= 15 is 0 Å². The van der Waals surface area contributed by atoms with Gasteiger partial charge in [-0.2, -0.15) is 0 Å². The maximum Gasteiger partial charge on any atom is 0.0823 e. The Kier molecular flexibility index (Phi) is 3.01. The average Bonchev–Trinajstić information content (AvgIpc) is 2.15. The number of hydrogen-bond acceptors (Lipinski definition) is 1. The molecule has 0 radical (unpaired) electrons. The van der Waals surface area contributed by atoms with Gasteiger partial charge in [-0.25, -0.2) is 0 Å². The molecule has 5 atom stereocenters. The molecule has 0 saturated carbocycles. The van der Waals surface area contributed by atoms with Crippen LogP contribution in [0.3, 0.4) is 0 Å². The molecule has 0 aromatic heterocycles. The standard InChI is InChI=1S/C14H22O/c1-5-6-13-14-10(3)7-9(2)12(8-15-13)11(14)4/h5-7,9,11-14H,8H2,1-4H3/b6-5+/t9-,11-,12+,13+,14-/m1/s1. The van der Waals surface area contributed by atoms with Crippen LogP contribution < -0.4 is 0 Å². The summed E-state index contributed by atoms with van der Waals surface area (Å²) in [6, 6.07) is 0. The first kappa shape index (κ1) is 10.9. The van der Waals surface area contributed by atoms with Crippen LogP contribution in [-0.2, 0) is 4.74 Å². The lowest BCUT2D eigenvalue weighted by atomic mass is 9.65. The van der Waals surface area contributed by atoms with Crippen molar-refractivity contribution in [1.29, 1.82) is 0 Å². The van der Waals surface area contributed by atoms with Crippen molar-refractivity contribution in [3.05, 3.63) is 23.8 Å². The van der Waals surface area contributed by atoms with Crippen molar-refractivity contribution in [2.24, 2.45) is 23.7 Å². The molecule has 0 amide bonds. The van der Waals surface area contributed by atoms with Gasteiger partial charge in [-0.05, 0) is 31.6 Å². The molecule has 84 valence electrons. The lowest BCUT2D eigenvalue weighted by molar-refractivity contribution is -0.0687. The lowest BCUT2D eigenvalue weighted by Crippen LogP contribution is -2.45. The monoisotopic (exact) mass is 206 g/mol. The van der Waals surface area contributed by atoms with Gasteiger partial charge in [0, 0.05) is 5.92 Å².